The van der Waals surface area contributed by atoms with Crippen molar-refractivity contribution >= 4 is 41.3 Å². The van der Waals surface area contributed by atoms with Crippen LogP contribution in [-0.4, -0.2) is 16.0 Å². The molecule has 3 aromatic rings. The highest BCUT2D eigenvalue weighted by molar-refractivity contribution is 6.00. The summed E-state index contributed by atoms with van der Waals surface area (Å²) in [5, 5.41) is 14.9. The average molecular weight is 335 g/mol. The highest BCUT2D eigenvalue weighted by Gasteiger charge is 2.11. The van der Waals surface area contributed by atoms with Gasteiger partial charge in [0.25, 0.3) is 0 Å². The number of rotatable bonds is 3. The van der Waals surface area contributed by atoms with E-state index >= 15 is 0 Å². The molecule has 1 aromatic heterocycles. The van der Waals surface area contributed by atoms with Crippen LogP contribution in [0.2, 0.25) is 0 Å². The summed E-state index contributed by atoms with van der Waals surface area (Å²) in [6, 6.07) is 8.76. The van der Waals surface area contributed by atoms with Gasteiger partial charge >= 0.3 is 0 Å². The Bertz CT molecular complexity index is 885. The lowest BCUT2D eigenvalue weighted by Crippen LogP contribution is -2.13. The standard InChI is InChI=1S/C16H12F2N4.ClH/c17-10-4-1-9(2-5-10)3-6-14-12-7-11(16(19)20)13(18)8-15(12)22-21-14;/h1-8H,(H3,19,20)(H,21,22);1H/b6-3+;. The summed E-state index contributed by atoms with van der Waals surface area (Å²) in [6.07, 6.45) is 3.50. The van der Waals surface area contributed by atoms with Crippen molar-refractivity contribution in [2.75, 3.05) is 0 Å². The maximum atomic E-state index is 13.7. The number of nitrogens with two attached hydrogens (primary N) is 1. The van der Waals surface area contributed by atoms with Gasteiger partial charge in [-0.05, 0) is 29.8 Å². The number of fused-ring (bicyclic) bond motifs is 1. The predicted molar refractivity (Wildman–Crippen MR) is 89.6 cm³/mol. The lowest BCUT2D eigenvalue weighted by atomic mass is 10.1. The predicted octanol–water partition coefficient (Wildman–Crippen LogP) is 3.72. The minimum atomic E-state index is -0.572. The fourth-order valence-electron chi connectivity index (χ4n) is 2.14. The molecule has 0 bridgehead atoms. The lowest BCUT2D eigenvalue weighted by Gasteiger charge is -2.01. The highest BCUT2D eigenvalue weighted by atomic mass is 35.5. The first-order chi connectivity index (χ1) is 10.5. The van der Waals surface area contributed by atoms with Crippen LogP contribution < -0.4 is 5.73 Å². The van der Waals surface area contributed by atoms with E-state index in [4.69, 9.17) is 11.1 Å². The van der Waals surface area contributed by atoms with Gasteiger partial charge < -0.3 is 5.73 Å². The number of H-pyrrole nitrogens is 1. The van der Waals surface area contributed by atoms with Crippen molar-refractivity contribution in [2.24, 2.45) is 5.73 Å². The molecule has 0 spiro atoms. The molecule has 0 unspecified atom stereocenters. The Balaban J connectivity index is 0.00000192. The Morgan fingerprint density at radius 1 is 1.13 bits per heavy atom. The monoisotopic (exact) mass is 334 g/mol. The van der Waals surface area contributed by atoms with Crippen LogP contribution in [0.25, 0.3) is 23.1 Å². The Hall–Kier alpha value is -2.73. The SMILES string of the molecule is Cl.N=C(N)c1cc2c(/C=C/c3ccc(F)cc3)n[nH]c2cc1F. The fourth-order valence-corrected chi connectivity index (χ4v) is 2.14. The minimum absolute atomic E-state index is 0. The van der Waals surface area contributed by atoms with Gasteiger partial charge in [-0.3, -0.25) is 10.5 Å². The molecule has 7 heteroatoms. The van der Waals surface area contributed by atoms with Crippen molar-refractivity contribution in [3.05, 3.63) is 64.9 Å². The zero-order valence-electron chi connectivity index (χ0n) is 11.8. The Morgan fingerprint density at radius 3 is 2.48 bits per heavy atom. The number of nitrogens with one attached hydrogen (secondary N) is 2. The highest BCUT2D eigenvalue weighted by Crippen LogP contribution is 2.22. The van der Waals surface area contributed by atoms with Crippen LogP contribution in [0.4, 0.5) is 8.78 Å². The second-order valence-electron chi connectivity index (χ2n) is 4.79. The van der Waals surface area contributed by atoms with Crippen molar-refractivity contribution in [3.8, 4) is 0 Å². The normalized spacial score (nSPS) is 10.9. The van der Waals surface area contributed by atoms with Crippen LogP contribution in [0.15, 0.2) is 36.4 Å². The number of hydrogen-bond donors (Lipinski definition) is 3. The summed E-state index contributed by atoms with van der Waals surface area (Å²) < 4.78 is 26.6. The number of halogens is 3. The molecule has 23 heavy (non-hydrogen) atoms. The third-order valence-electron chi connectivity index (χ3n) is 3.27. The van der Waals surface area contributed by atoms with Crippen LogP contribution >= 0.6 is 12.4 Å². The first-order valence-electron chi connectivity index (χ1n) is 6.50. The Morgan fingerprint density at radius 2 is 1.83 bits per heavy atom. The molecule has 4 nitrogen and oxygen atoms in total. The molecular formula is C16H13ClF2N4. The molecule has 0 radical (unpaired) electrons. The number of benzene rings is 2. The maximum Gasteiger partial charge on any atom is 0.136 e. The molecule has 1 heterocycles. The van der Waals surface area contributed by atoms with Gasteiger partial charge in [0, 0.05) is 11.5 Å². The molecule has 0 saturated heterocycles. The zero-order chi connectivity index (χ0) is 15.7. The molecule has 0 atom stereocenters. The van der Waals surface area contributed by atoms with E-state index in [9.17, 15) is 8.78 Å². The van der Waals surface area contributed by atoms with E-state index in [1.807, 2.05) is 0 Å². The summed E-state index contributed by atoms with van der Waals surface area (Å²) in [4.78, 5) is 0. The Kier molecular flexibility index (Phi) is 4.76. The molecular weight excluding hydrogens is 322 g/mol. The van der Waals surface area contributed by atoms with Crippen LogP contribution in [0.1, 0.15) is 16.8 Å². The quantitative estimate of drug-likeness (QED) is 0.504. The van der Waals surface area contributed by atoms with E-state index < -0.39 is 5.82 Å². The number of nitrogens with zero attached hydrogens (tertiary/aromatic N) is 1. The van der Waals surface area contributed by atoms with E-state index in [0.717, 1.165) is 5.56 Å². The van der Waals surface area contributed by atoms with Crippen molar-refractivity contribution in [1.29, 1.82) is 5.41 Å². The minimum Gasteiger partial charge on any atom is -0.384 e. The molecule has 0 aliphatic rings. The molecule has 0 saturated carbocycles. The molecule has 0 amide bonds. The summed E-state index contributed by atoms with van der Waals surface area (Å²) in [6.45, 7) is 0. The topological polar surface area (TPSA) is 78.6 Å². The molecule has 3 rings (SSSR count). The first-order valence-corrected chi connectivity index (χ1v) is 6.50. The molecule has 0 aliphatic carbocycles. The molecule has 0 aliphatic heterocycles. The van der Waals surface area contributed by atoms with E-state index in [1.54, 1.807) is 24.3 Å². The third kappa shape index (κ3) is 3.37. The second-order valence-corrected chi connectivity index (χ2v) is 4.79. The largest absolute Gasteiger partial charge is 0.384 e. The van der Waals surface area contributed by atoms with E-state index in [2.05, 4.69) is 10.2 Å². The van der Waals surface area contributed by atoms with Gasteiger partial charge in [0.1, 0.15) is 17.5 Å². The van der Waals surface area contributed by atoms with Gasteiger partial charge in [-0.1, -0.05) is 18.2 Å². The fraction of sp³-hybridized carbons (Fsp3) is 0. The summed E-state index contributed by atoms with van der Waals surface area (Å²) in [5.74, 6) is -1.21. The number of aromatic nitrogens is 2. The van der Waals surface area contributed by atoms with Gasteiger partial charge in [0.2, 0.25) is 0 Å². The van der Waals surface area contributed by atoms with Gasteiger partial charge in [-0.2, -0.15) is 5.10 Å². The van der Waals surface area contributed by atoms with Crippen LogP contribution in [0.5, 0.6) is 0 Å². The van der Waals surface area contributed by atoms with Crippen LogP contribution in [0, 0.1) is 17.0 Å². The smallest absolute Gasteiger partial charge is 0.136 e. The van der Waals surface area contributed by atoms with Gasteiger partial charge in [-0.25, -0.2) is 8.78 Å². The van der Waals surface area contributed by atoms with Gasteiger partial charge in [-0.15, -0.1) is 12.4 Å². The maximum absolute atomic E-state index is 13.7. The van der Waals surface area contributed by atoms with E-state index in [0.29, 0.717) is 16.6 Å². The van der Waals surface area contributed by atoms with E-state index in [1.165, 1.54) is 24.3 Å². The molecule has 2 aromatic carbocycles. The Labute approximate surface area is 136 Å². The summed E-state index contributed by atoms with van der Waals surface area (Å²) >= 11 is 0. The number of amidine groups is 1. The van der Waals surface area contributed by atoms with Crippen molar-refractivity contribution < 1.29 is 8.78 Å². The van der Waals surface area contributed by atoms with Gasteiger partial charge in [0.05, 0.1) is 16.8 Å². The van der Waals surface area contributed by atoms with Crippen molar-refractivity contribution in [2.45, 2.75) is 0 Å². The third-order valence-corrected chi connectivity index (χ3v) is 3.27. The summed E-state index contributed by atoms with van der Waals surface area (Å²) in [7, 11) is 0. The van der Waals surface area contributed by atoms with Crippen molar-refractivity contribution in [3.63, 3.8) is 0 Å². The zero-order valence-corrected chi connectivity index (χ0v) is 12.6. The van der Waals surface area contributed by atoms with Gasteiger partial charge in [0.15, 0.2) is 0 Å². The number of aromatic amines is 1. The second kappa shape index (κ2) is 6.58. The first kappa shape index (κ1) is 16.6. The lowest BCUT2D eigenvalue weighted by molar-refractivity contribution is 0.626. The number of nitrogen functional groups attached to an aromatic ring is 1. The number of hydrogen-bond acceptors (Lipinski definition) is 2. The molecule has 0 fully saturated rings. The molecule has 4 N–H and O–H groups in total. The van der Waals surface area contributed by atoms with E-state index in [-0.39, 0.29) is 29.6 Å². The average Bonchev–Trinajstić information content (AvgIpc) is 2.87. The van der Waals surface area contributed by atoms with Crippen molar-refractivity contribution in [1.82, 2.24) is 10.2 Å². The molecule has 118 valence electrons. The van der Waals surface area contributed by atoms with Crippen LogP contribution in [0.3, 0.4) is 0 Å². The summed E-state index contributed by atoms with van der Waals surface area (Å²) in [5.41, 5.74) is 7.31. The van der Waals surface area contributed by atoms with Crippen LogP contribution in [-0.2, 0) is 0 Å².